The third-order valence-electron chi connectivity index (χ3n) is 10.3. The molecular formula is C26H42F3NO5S. The Morgan fingerprint density at radius 2 is 1.53 bits per heavy atom. The minimum Gasteiger partial charge on any atom is -0.444 e. The van der Waals surface area contributed by atoms with Gasteiger partial charge in [-0.25, -0.2) is 4.79 Å². The van der Waals surface area contributed by atoms with E-state index in [2.05, 4.69) is 6.92 Å². The third kappa shape index (κ3) is 4.78. The Bertz CT molecular complexity index is 964. The minimum absolute atomic E-state index is 0.118. The first-order valence-corrected chi connectivity index (χ1v) is 14.8. The third-order valence-corrected chi connectivity index (χ3v) is 11.4. The van der Waals surface area contributed by atoms with Crippen LogP contribution in [0.4, 0.5) is 18.0 Å². The number of halogens is 3. The van der Waals surface area contributed by atoms with Gasteiger partial charge in [-0.15, -0.1) is 0 Å². The molecule has 0 bridgehead atoms. The molecular weight excluding hydrogens is 495 g/mol. The van der Waals surface area contributed by atoms with Crippen LogP contribution in [0.2, 0.25) is 0 Å². The van der Waals surface area contributed by atoms with Crippen LogP contribution in [0.1, 0.15) is 92.4 Å². The number of hydrogen-bond acceptors (Lipinski definition) is 5. The zero-order valence-corrected chi connectivity index (χ0v) is 23.2. The molecule has 4 saturated carbocycles. The van der Waals surface area contributed by atoms with E-state index in [4.69, 9.17) is 8.92 Å². The first kappa shape index (κ1) is 28.0. The summed E-state index contributed by atoms with van der Waals surface area (Å²) in [6, 6.07) is 0.139. The summed E-state index contributed by atoms with van der Waals surface area (Å²) < 4.78 is 73.0. The van der Waals surface area contributed by atoms with E-state index in [1.807, 2.05) is 34.7 Å². The van der Waals surface area contributed by atoms with E-state index in [9.17, 15) is 26.4 Å². The summed E-state index contributed by atoms with van der Waals surface area (Å²) in [5.41, 5.74) is -6.37. The van der Waals surface area contributed by atoms with Crippen LogP contribution >= 0.6 is 0 Å². The van der Waals surface area contributed by atoms with Crippen molar-refractivity contribution in [1.29, 1.82) is 0 Å². The zero-order valence-electron chi connectivity index (χ0n) is 22.4. The van der Waals surface area contributed by atoms with E-state index in [0.29, 0.717) is 37.0 Å². The summed E-state index contributed by atoms with van der Waals surface area (Å²) in [5, 5.41) is 0. The number of ether oxygens (including phenoxy) is 1. The van der Waals surface area contributed by atoms with Gasteiger partial charge in [0.2, 0.25) is 0 Å². The maximum Gasteiger partial charge on any atom is 0.523 e. The molecule has 0 saturated heterocycles. The van der Waals surface area contributed by atoms with Gasteiger partial charge in [0, 0.05) is 13.1 Å². The summed E-state index contributed by atoms with van der Waals surface area (Å²) in [5.74, 6) is 1.47. The van der Waals surface area contributed by atoms with Gasteiger partial charge in [0.15, 0.2) is 0 Å². The fraction of sp³-hybridized carbons (Fsp3) is 0.962. The summed E-state index contributed by atoms with van der Waals surface area (Å²) in [7, 11) is -3.78. The molecule has 0 radical (unpaired) electrons. The molecule has 3 unspecified atom stereocenters. The first-order valence-electron chi connectivity index (χ1n) is 13.3. The van der Waals surface area contributed by atoms with Crippen molar-refractivity contribution in [1.82, 2.24) is 4.90 Å². The monoisotopic (exact) mass is 537 g/mol. The molecule has 10 heteroatoms. The van der Waals surface area contributed by atoms with Crippen molar-refractivity contribution in [2.24, 2.45) is 34.5 Å². The lowest BCUT2D eigenvalue weighted by Gasteiger charge is -2.61. The Labute approximate surface area is 213 Å². The highest BCUT2D eigenvalue weighted by atomic mass is 32.2. The lowest BCUT2D eigenvalue weighted by molar-refractivity contribution is -0.127. The minimum atomic E-state index is -5.61. The van der Waals surface area contributed by atoms with Crippen LogP contribution in [0.15, 0.2) is 0 Å². The Balaban J connectivity index is 1.46. The van der Waals surface area contributed by atoms with Crippen molar-refractivity contribution < 1.29 is 35.3 Å². The maximum absolute atomic E-state index is 13.0. The summed E-state index contributed by atoms with van der Waals surface area (Å²) in [4.78, 5) is 14.4. The van der Waals surface area contributed by atoms with Crippen molar-refractivity contribution >= 4 is 16.2 Å². The number of rotatable bonds is 3. The molecule has 208 valence electrons. The molecule has 6 nitrogen and oxygen atoms in total. The SMILES string of the molecule is CN(C(=O)OC(C)(C)C)[C@H]1CC[C@@]2(C)C(CC[C@@H]3C2CC[C@]2(C)C(OS(=O)(=O)C(F)(F)F)CC[C@@H]32)C1. The van der Waals surface area contributed by atoms with E-state index < -0.39 is 32.7 Å². The molecule has 1 amide bonds. The van der Waals surface area contributed by atoms with E-state index in [-0.39, 0.29) is 23.5 Å². The van der Waals surface area contributed by atoms with Crippen LogP contribution < -0.4 is 0 Å². The van der Waals surface area contributed by atoms with Gasteiger partial charge in [-0.1, -0.05) is 13.8 Å². The number of fused-ring (bicyclic) bond motifs is 5. The average molecular weight is 538 g/mol. The second-order valence-corrected chi connectivity index (χ2v) is 14.8. The summed E-state index contributed by atoms with van der Waals surface area (Å²) in [6.45, 7) is 9.92. The molecule has 0 spiro atoms. The fourth-order valence-corrected chi connectivity index (χ4v) is 9.12. The van der Waals surface area contributed by atoms with Crippen LogP contribution in [0.25, 0.3) is 0 Å². The smallest absolute Gasteiger partial charge is 0.444 e. The maximum atomic E-state index is 13.0. The summed E-state index contributed by atoms with van der Waals surface area (Å²) in [6.07, 6.45) is 6.27. The van der Waals surface area contributed by atoms with E-state index in [1.165, 1.54) is 0 Å². The molecule has 0 aromatic heterocycles. The van der Waals surface area contributed by atoms with Crippen molar-refractivity contribution in [3.63, 3.8) is 0 Å². The van der Waals surface area contributed by atoms with Gasteiger partial charge in [0.25, 0.3) is 0 Å². The number of hydrogen-bond donors (Lipinski definition) is 0. The highest BCUT2D eigenvalue weighted by molar-refractivity contribution is 7.87. The molecule has 0 aromatic carbocycles. The molecule has 4 aliphatic rings. The number of amides is 1. The fourth-order valence-electron chi connectivity index (χ4n) is 8.39. The highest BCUT2D eigenvalue weighted by Crippen LogP contribution is 2.67. The number of carbonyl (C=O) groups excluding carboxylic acids is 1. The Morgan fingerprint density at radius 3 is 2.14 bits per heavy atom. The number of nitrogens with zero attached hydrogens (tertiary/aromatic N) is 1. The van der Waals surface area contributed by atoms with Gasteiger partial charge in [-0.05, 0) is 113 Å². The molecule has 4 rings (SSSR count). The van der Waals surface area contributed by atoms with Gasteiger partial charge in [-0.3, -0.25) is 4.18 Å². The van der Waals surface area contributed by atoms with Gasteiger partial charge >= 0.3 is 21.7 Å². The lowest BCUT2D eigenvalue weighted by atomic mass is 9.45. The first-order chi connectivity index (χ1) is 16.4. The lowest BCUT2D eigenvalue weighted by Crippen LogP contribution is -2.56. The standard InChI is InChI=1S/C26H42F3NO5S/c1-23(2,3)34-22(31)30(6)17-11-13-24(4)16(15-17)7-8-18-19-9-10-21(25(19,5)14-12-20(18)24)35-36(32,33)26(27,28)29/h16-21H,7-15H2,1-6H3/t16?,17-,18-,19-,20?,21?,24-,25-/m0/s1. The van der Waals surface area contributed by atoms with Crippen LogP contribution in [-0.2, 0) is 19.0 Å². The predicted molar refractivity (Wildman–Crippen MR) is 129 cm³/mol. The van der Waals surface area contributed by atoms with Crippen molar-refractivity contribution in [3.8, 4) is 0 Å². The molecule has 8 atom stereocenters. The van der Waals surface area contributed by atoms with Gasteiger partial charge in [-0.2, -0.15) is 21.6 Å². The van der Waals surface area contributed by atoms with Crippen LogP contribution in [0.3, 0.4) is 0 Å². The topological polar surface area (TPSA) is 72.9 Å². The molecule has 36 heavy (non-hydrogen) atoms. The van der Waals surface area contributed by atoms with E-state index >= 15 is 0 Å². The molecule has 0 heterocycles. The average Bonchev–Trinajstić information content (AvgIpc) is 3.06. The van der Waals surface area contributed by atoms with Crippen molar-refractivity contribution in [3.05, 3.63) is 0 Å². The van der Waals surface area contributed by atoms with Crippen LogP contribution in [-0.4, -0.2) is 49.7 Å². The Morgan fingerprint density at radius 1 is 0.917 bits per heavy atom. The molecule has 0 aromatic rings. The van der Waals surface area contributed by atoms with Crippen LogP contribution in [0.5, 0.6) is 0 Å². The van der Waals surface area contributed by atoms with Gasteiger partial charge < -0.3 is 9.64 Å². The normalized spacial score (nSPS) is 41.1. The Kier molecular flexibility index (Phi) is 7.02. The quantitative estimate of drug-likeness (QED) is 0.304. The van der Waals surface area contributed by atoms with Gasteiger partial charge in [0.05, 0.1) is 6.10 Å². The predicted octanol–water partition coefficient (Wildman–Crippen LogP) is 6.50. The number of carbonyl (C=O) groups is 1. The largest absolute Gasteiger partial charge is 0.523 e. The molecule has 4 fully saturated rings. The molecule has 0 N–H and O–H groups in total. The van der Waals surface area contributed by atoms with Crippen molar-refractivity contribution in [2.45, 2.75) is 116 Å². The van der Waals surface area contributed by atoms with Gasteiger partial charge in [0.1, 0.15) is 5.60 Å². The second-order valence-electron chi connectivity index (χ2n) is 13.3. The number of alkyl halides is 3. The van der Waals surface area contributed by atoms with Crippen molar-refractivity contribution in [2.75, 3.05) is 7.05 Å². The zero-order chi connectivity index (χ0) is 26.9. The van der Waals surface area contributed by atoms with Crippen LogP contribution in [0, 0.1) is 34.5 Å². The highest BCUT2D eigenvalue weighted by Gasteiger charge is 2.62. The molecule has 4 aliphatic carbocycles. The summed E-state index contributed by atoms with van der Waals surface area (Å²) >= 11 is 0. The molecule has 0 aliphatic heterocycles. The van der Waals surface area contributed by atoms with E-state index in [0.717, 1.165) is 38.5 Å². The second kappa shape index (κ2) is 9.02. The van der Waals surface area contributed by atoms with E-state index in [1.54, 1.807) is 4.90 Å². The Hall–Kier alpha value is -1.03.